The van der Waals surface area contributed by atoms with Crippen molar-refractivity contribution in [2.24, 2.45) is 0 Å². The molecule has 5 aromatic rings. The monoisotopic (exact) mass is 429 g/mol. The summed E-state index contributed by atoms with van der Waals surface area (Å²) in [5.74, 6) is 0.297. The Morgan fingerprint density at radius 1 is 1.13 bits per heavy atom. The Labute approximate surface area is 181 Å². The van der Waals surface area contributed by atoms with Gasteiger partial charge in [-0.2, -0.15) is 9.83 Å². The van der Waals surface area contributed by atoms with Crippen molar-refractivity contribution in [1.29, 1.82) is 5.26 Å². The zero-order chi connectivity index (χ0) is 21.4. The van der Waals surface area contributed by atoms with Gasteiger partial charge < -0.3 is 9.51 Å². The summed E-state index contributed by atoms with van der Waals surface area (Å²) in [6.07, 6.45) is 3.72. The summed E-state index contributed by atoms with van der Waals surface area (Å²) in [5.41, 5.74) is 3.62. The van der Waals surface area contributed by atoms with E-state index >= 15 is 0 Å². The van der Waals surface area contributed by atoms with Crippen molar-refractivity contribution in [3.05, 3.63) is 95.2 Å². The number of benzene rings is 2. The van der Waals surface area contributed by atoms with Gasteiger partial charge in [0.15, 0.2) is 12.4 Å². The molecule has 0 aliphatic rings. The topological polar surface area (TPSA) is 69.5 Å². The largest absolute Gasteiger partial charge is 0.354 e. The molecule has 0 saturated heterocycles. The summed E-state index contributed by atoms with van der Waals surface area (Å²) < 4.78 is 21.7. The van der Waals surface area contributed by atoms with E-state index in [1.807, 2.05) is 41.2 Å². The fourth-order valence-electron chi connectivity index (χ4n) is 3.59. The van der Waals surface area contributed by atoms with Crippen molar-refractivity contribution in [1.82, 2.24) is 10.1 Å². The van der Waals surface area contributed by atoms with Crippen molar-refractivity contribution in [2.45, 2.75) is 6.54 Å². The number of nitrogens with zero attached hydrogens (tertiary/aromatic N) is 3. The molecule has 3 heterocycles. The lowest BCUT2D eigenvalue weighted by atomic mass is 10.1. The average Bonchev–Trinajstić information content (AvgIpc) is 3.38. The molecule has 150 valence electrons. The van der Waals surface area contributed by atoms with E-state index in [1.165, 1.54) is 6.07 Å². The Hall–Kier alpha value is -3.95. The summed E-state index contributed by atoms with van der Waals surface area (Å²) >= 11 is 5.94. The first-order valence-electron chi connectivity index (χ1n) is 9.53. The molecule has 0 bridgehead atoms. The molecule has 0 radical (unpaired) electrons. The molecule has 0 atom stereocenters. The second-order valence-electron chi connectivity index (χ2n) is 7.10. The number of nitrogens with one attached hydrogen (secondary N) is 1. The number of aromatic nitrogens is 3. The second-order valence-corrected chi connectivity index (χ2v) is 7.53. The van der Waals surface area contributed by atoms with Crippen molar-refractivity contribution in [2.75, 3.05) is 0 Å². The molecule has 31 heavy (non-hydrogen) atoms. The van der Waals surface area contributed by atoms with Crippen molar-refractivity contribution in [3.8, 4) is 28.6 Å². The van der Waals surface area contributed by atoms with Gasteiger partial charge in [-0.05, 0) is 24.3 Å². The van der Waals surface area contributed by atoms with E-state index in [0.29, 0.717) is 34.1 Å². The Morgan fingerprint density at radius 3 is 2.71 bits per heavy atom. The van der Waals surface area contributed by atoms with Gasteiger partial charge >= 0.3 is 0 Å². The fourth-order valence-corrected chi connectivity index (χ4v) is 3.72. The van der Waals surface area contributed by atoms with Crippen LogP contribution in [0.1, 0.15) is 11.3 Å². The molecule has 0 spiro atoms. The van der Waals surface area contributed by atoms with E-state index < -0.39 is 0 Å². The maximum atomic E-state index is 14.3. The van der Waals surface area contributed by atoms with Gasteiger partial charge in [0, 0.05) is 33.7 Å². The van der Waals surface area contributed by atoms with E-state index in [0.717, 1.165) is 22.2 Å². The number of hydrogen-bond donors (Lipinski definition) is 1. The Balaban J connectivity index is 1.48. The number of rotatable bonds is 4. The second kappa shape index (κ2) is 7.71. The third-order valence-electron chi connectivity index (χ3n) is 5.09. The van der Waals surface area contributed by atoms with Crippen molar-refractivity contribution < 1.29 is 13.5 Å². The average molecular weight is 430 g/mol. The molecule has 0 saturated carbocycles. The number of halogens is 2. The molecule has 0 aliphatic heterocycles. The van der Waals surface area contributed by atoms with E-state index in [1.54, 1.807) is 30.3 Å². The van der Waals surface area contributed by atoms with Gasteiger partial charge in [0.05, 0.1) is 11.3 Å². The number of H-pyrrole nitrogens is 1. The van der Waals surface area contributed by atoms with Gasteiger partial charge in [0.1, 0.15) is 23.1 Å². The predicted molar refractivity (Wildman–Crippen MR) is 115 cm³/mol. The highest BCUT2D eigenvalue weighted by molar-refractivity contribution is 6.30. The maximum absolute atomic E-state index is 14.3. The molecule has 2 aromatic carbocycles. The van der Waals surface area contributed by atoms with Gasteiger partial charge in [-0.25, -0.2) is 4.39 Å². The summed E-state index contributed by atoms with van der Waals surface area (Å²) in [6.45, 7) is 0.451. The van der Waals surface area contributed by atoms with E-state index in [9.17, 15) is 9.65 Å². The lowest BCUT2D eigenvalue weighted by Gasteiger charge is -2.00. The summed E-state index contributed by atoms with van der Waals surface area (Å²) in [7, 11) is 0. The summed E-state index contributed by atoms with van der Waals surface area (Å²) in [6, 6.07) is 19.7. The van der Waals surface area contributed by atoms with Crippen LogP contribution in [0, 0.1) is 17.1 Å². The SMILES string of the molecule is N#Cc1c(-c2ccccc2F)[nH]c2c[n+](Cc3cc(-c4ccc(Cl)cc4)no3)ccc12. The normalized spacial score (nSPS) is 11.0. The van der Waals surface area contributed by atoms with Crippen molar-refractivity contribution >= 4 is 22.5 Å². The quantitative estimate of drug-likeness (QED) is 0.384. The minimum atomic E-state index is -0.380. The third kappa shape index (κ3) is 3.56. The lowest BCUT2D eigenvalue weighted by molar-refractivity contribution is -0.688. The van der Waals surface area contributed by atoms with Crippen LogP contribution in [0.15, 0.2) is 77.6 Å². The number of pyridine rings is 1. The van der Waals surface area contributed by atoms with Crippen molar-refractivity contribution in [3.63, 3.8) is 0 Å². The zero-order valence-electron chi connectivity index (χ0n) is 16.1. The molecule has 0 fully saturated rings. The van der Waals surface area contributed by atoms with Crippen LogP contribution in [0.25, 0.3) is 33.4 Å². The van der Waals surface area contributed by atoms with Crippen LogP contribution in [0.4, 0.5) is 4.39 Å². The minimum Gasteiger partial charge on any atom is -0.354 e. The Bertz CT molecular complexity index is 1450. The van der Waals surface area contributed by atoms with Gasteiger partial charge in [-0.1, -0.05) is 41.0 Å². The van der Waals surface area contributed by atoms with E-state index in [-0.39, 0.29) is 5.82 Å². The molecule has 0 amide bonds. The number of nitriles is 1. The summed E-state index contributed by atoms with van der Waals surface area (Å²) in [4.78, 5) is 3.19. The zero-order valence-corrected chi connectivity index (χ0v) is 16.9. The van der Waals surface area contributed by atoms with Crippen LogP contribution < -0.4 is 4.57 Å². The van der Waals surface area contributed by atoms with Gasteiger partial charge in [0.25, 0.3) is 0 Å². The van der Waals surface area contributed by atoms with Crippen LogP contribution in [0.5, 0.6) is 0 Å². The van der Waals surface area contributed by atoms with Gasteiger partial charge in [-0.3, -0.25) is 0 Å². The molecule has 1 N–H and O–H groups in total. The lowest BCUT2D eigenvalue weighted by Crippen LogP contribution is -2.32. The first-order valence-corrected chi connectivity index (χ1v) is 9.91. The highest BCUT2D eigenvalue weighted by Crippen LogP contribution is 2.30. The van der Waals surface area contributed by atoms with Crippen LogP contribution in [0.3, 0.4) is 0 Å². The molecule has 0 aliphatic carbocycles. The minimum absolute atomic E-state index is 0.365. The molecule has 5 rings (SSSR count). The molecule has 3 aromatic heterocycles. The smallest absolute Gasteiger partial charge is 0.208 e. The highest BCUT2D eigenvalue weighted by atomic mass is 35.5. The van der Waals surface area contributed by atoms with Crippen LogP contribution in [-0.4, -0.2) is 10.1 Å². The van der Waals surface area contributed by atoms with Gasteiger partial charge in [-0.15, -0.1) is 0 Å². The van der Waals surface area contributed by atoms with Crippen LogP contribution >= 0.6 is 11.6 Å². The molecule has 7 heteroatoms. The number of hydrogen-bond acceptors (Lipinski definition) is 3. The fraction of sp³-hybridized carbons (Fsp3) is 0.0417. The molecule has 5 nitrogen and oxygen atoms in total. The number of fused-ring (bicyclic) bond motifs is 1. The van der Waals surface area contributed by atoms with E-state index in [2.05, 4.69) is 16.2 Å². The third-order valence-corrected chi connectivity index (χ3v) is 5.34. The summed E-state index contributed by atoms with van der Waals surface area (Å²) in [5, 5.41) is 15.2. The molecular formula is C24H15ClFN4O+. The highest BCUT2D eigenvalue weighted by Gasteiger charge is 2.19. The van der Waals surface area contributed by atoms with E-state index in [4.69, 9.17) is 16.1 Å². The standard InChI is InChI=1S/C24H14ClFN4O/c25-16-7-5-15(6-8-16)22-11-17(31-29-22)13-30-10-9-18-20(12-27)24(28-23(18)14-30)19-3-1-2-4-21(19)26/h1-11,14H,13H2/p+1. The first-order chi connectivity index (χ1) is 15.1. The first kappa shape index (κ1) is 19.0. The Kier molecular flexibility index (Phi) is 4.73. The Morgan fingerprint density at radius 2 is 1.94 bits per heavy atom. The predicted octanol–water partition coefficient (Wildman–Crippen LogP) is 5.49. The van der Waals surface area contributed by atoms with Crippen LogP contribution in [-0.2, 0) is 6.54 Å². The van der Waals surface area contributed by atoms with Gasteiger partial charge in [0.2, 0.25) is 12.3 Å². The maximum Gasteiger partial charge on any atom is 0.208 e. The molecular weight excluding hydrogens is 415 g/mol. The molecule has 0 unspecified atom stereocenters. The van der Waals surface area contributed by atoms with Crippen LogP contribution in [0.2, 0.25) is 5.02 Å². The number of aromatic amines is 1.